The van der Waals surface area contributed by atoms with E-state index >= 15 is 0 Å². The van der Waals surface area contributed by atoms with E-state index < -0.39 is 22.5 Å². The summed E-state index contributed by atoms with van der Waals surface area (Å²) in [5.41, 5.74) is 1.53. The second-order valence-electron chi connectivity index (χ2n) is 8.37. The summed E-state index contributed by atoms with van der Waals surface area (Å²) < 4.78 is 46.1. The summed E-state index contributed by atoms with van der Waals surface area (Å²) in [5.74, 6) is -0.391. The summed E-state index contributed by atoms with van der Waals surface area (Å²) in [5, 5.41) is 0.985. The van der Waals surface area contributed by atoms with E-state index in [4.69, 9.17) is 37.4 Å². The van der Waals surface area contributed by atoms with Crippen LogP contribution >= 0.6 is 23.2 Å². The molecule has 206 valence electrons. The molecule has 0 N–H and O–H groups in total. The number of unbranched alkanes of at least 4 members (excludes halogenated alkanes) is 1. The van der Waals surface area contributed by atoms with Gasteiger partial charge in [0.05, 0.1) is 43.1 Å². The minimum atomic E-state index is -4.25. The van der Waals surface area contributed by atoms with Crippen molar-refractivity contribution in [3.05, 3.63) is 64.9 Å². The van der Waals surface area contributed by atoms with Crippen LogP contribution in [0.15, 0.2) is 59.8 Å². The number of aromatic nitrogens is 3. The number of ether oxygens (including phenoxy) is 3. The van der Waals surface area contributed by atoms with Gasteiger partial charge < -0.3 is 18.8 Å². The normalized spacial score (nSPS) is 11.4. The van der Waals surface area contributed by atoms with Gasteiger partial charge in [-0.25, -0.2) is 13.4 Å². The Bertz CT molecular complexity index is 1590. The molecular formula is C26H26Cl2N4O6S. The summed E-state index contributed by atoms with van der Waals surface area (Å²) in [6.45, 7) is 1.62. The van der Waals surface area contributed by atoms with Gasteiger partial charge in [0, 0.05) is 21.6 Å². The van der Waals surface area contributed by atoms with Crippen LogP contribution < -0.4 is 13.8 Å². The number of rotatable bonds is 11. The van der Waals surface area contributed by atoms with Gasteiger partial charge in [-0.2, -0.15) is 4.98 Å². The van der Waals surface area contributed by atoms with Crippen LogP contribution in [0.1, 0.15) is 19.8 Å². The van der Waals surface area contributed by atoms with Crippen molar-refractivity contribution >= 4 is 55.8 Å². The first-order valence-electron chi connectivity index (χ1n) is 11.9. The summed E-state index contributed by atoms with van der Waals surface area (Å²) in [4.78, 5) is 20.9. The number of carbonyl (C=O) groups is 1. The number of hydrogen-bond donors (Lipinski definition) is 0. The third-order valence-corrected chi connectivity index (χ3v) is 7.96. The molecule has 13 heteroatoms. The number of anilines is 1. The highest BCUT2D eigenvalue weighted by Gasteiger charge is 2.29. The number of methoxy groups -OCH3 is 2. The van der Waals surface area contributed by atoms with Crippen LogP contribution in [0.5, 0.6) is 11.9 Å². The van der Waals surface area contributed by atoms with E-state index in [1.807, 2.05) is 6.92 Å². The molecule has 0 saturated heterocycles. The molecule has 0 fully saturated rings. The molecule has 0 aliphatic heterocycles. The molecule has 0 saturated carbocycles. The van der Waals surface area contributed by atoms with E-state index in [0.29, 0.717) is 23.4 Å². The monoisotopic (exact) mass is 592 g/mol. The molecule has 39 heavy (non-hydrogen) atoms. The standard InChI is InChI=1S/C26H26Cl2N4O6S/c1-4-5-10-38-24(33)16-32(39(34,35)21-13-18(27)12-19(28)14-21)20-6-7-22-17(11-20)8-9-31(22)23-15-29-26(37-3)30-25(23)36-2/h6-9,11-15H,4-5,10,16H2,1-3H3. The number of nitrogens with zero attached hydrogens (tertiary/aromatic N) is 4. The van der Waals surface area contributed by atoms with E-state index in [0.717, 1.165) is 16.2 Å². The number of hydrogen-bond acceptors (Lipinski definition) is 8. The number of sulfonamides is 1. The highest BCUT2D eigenvalue weighted by molar-refractivity contribution is 7.92. The molecular weight excluding hydrogens is 567 g/mol. The Hall–Kier alpha value is -3.54. The Labute approximate surface area is 236 Å². The van der Waals surface area contributed by atoms with Crippen LogP contribution in [0, 0.1) is 0 Å². The lowest BCUT2D eigenvalue weighted by Gasteiger charge is -2.24. The Morgan fingerprint density at radius 1 is 1.05 bits per heavy atom. The van der Waals surface area contributed by atoms with Crippen molar-refractivity contribution in [1.29, 1.82) is 0 Å². The van der Waals surface area contributed by atoms with Crippen LogP contribution in [0.4, 0.5) is 5.69 Å². The molecule has 4 aromatic rings. The van der Waals surface area contributed by atoms with Crippen molar-refractivity contribution in [3.8, 4) is 17.6 Å². The second kappa shape index (κ2) is 12.1. The van der Waals surface area contributed by atoms with Crippen LogP contribution in [0.2, 0.25) is 10.0 Å². The van der Waals surface area contributed by atoms with Crippen molar-refractivity contribution in [1.82, 2.24) is 14.5 Å². The maximum atomic E-state index is 13.8. The van der Waals surface area contributed by atoms with Gasteiger partial charge in [0.1, 0.15) is 12.2 Å². The average molecular weight is 593 g/mol. The third kappa shape index (κ3) is 6.21. The predicted molar refractivity (Wildman–Crippen MR) is 149 cm³/mol. The zero-order valence-corrected chi connectivity index (χ0v) is 23.8. The van der Waals surface area contributed by atoms with Gasteiger partial charge in [0.15, 0.2) is 0 Å². The fourth-order valence-corrected chi connectivity index (χ4v) is 5.99. The lowest BCUT2D eigenvalue weighted by molar-refractivity contribution is -0.141. The van der Waals surface area contributed by atoms with Crippen molar-refractivity contribution in [3.63, 3.8) is 0 Å². The molecule has 2 aromatic carbocycles. The largest absolute Gasteiger partial charge is 0.479 e. The zero-order valence-electron chi connectivity index (χ0n) is 21.4. The maximum absolute atomic E-state index is 13.8. The molecule has 0 unspecified atom stereocenters. The van der Waals surface area contributed by atoms with Crippen LogP contribution in [0.25, 0.3) is 16.6 Å². The molecule has 0 atom stereocenters. The Morgan fingerprint density at radius 3 is 2.46 bits per heavy atom. The van der Waals surface area contributed by atoms with E-state index in [2.05, 4.69) is 9.97 Å². The first-order chi connectivity index (χ1) is 18.7. The average Bonchev–Trinajstić information content (AvgIpc) is 3.34. The quantitative estimate of drug-likeness (QED) is 0.171. The number of fused-ring (bicyclic) bond motifs is 1. The van der Waals surface area contributed by atoms with Gasteiger partial charge in [0.25, 0.3) is 10.0 Å². The topological polar surface area (TPSA) is 113 Å². The SMILES string of the molecule is CCCCOC(=O)CN(c1ccc2c(ccn2-c2cnc(OC)nc2OC)c1)S(=O)(=O)c1cc(Cl)cc(Cl)c1. The fourth-order valence-electron chi connectivity index (χ4n) is 3.87. The minimum absolute atomic E-state index is 0.148. The second-order valence-corrected chi connectivity index (χ2v) is 11.1. The highest BCUT2D eigenvalue weighted by Crippen LogP contribution is 2.32. The van der Waals surface area contributed by atoms with Crippen molar-refractivity contribution in [2.75, 3.05) is 31.7 Å². The van der Waals surface area contributed by atoms with Gasteiger partial charge in [-0.1, -0.05) is 36.5 Å². The number of halogens is 2. The van der Waals surface area contributed by atoms with E-state index in [1.165, 1.54) is 32.4 Å². The van der Waals surface area contributed by atoms with Crippen molar-refractivity contribution < 1.29 is 27.4 Å². The first-order valence-corrected chi connectivity index (χ1v) is 14.1. The molecule has 0 aliphatic rings. The molecule has 0 amide bonds. The molecule has 0 aliphatic carbocycles. The zero-order chi connectivity index (χ0) is 28.2. The van der Waals surface area contributed by atoms with Crippen LogP contribution in [0.3, 0.4) is 0 Å². The Morgan fingerprint density at radius 2 is 1.79 bits per heavy atom. The molecule has 4 rings (SSSR count). The number of benzene rings is 2. The smallest absolute Gasteiger partial charge is 0.326 e. The van der Waals surface area contributed by atoms with Crippen LogP contribution in [-0.4, -0.2) is 56.3 Å². The molecule has 0 radical (unpaired) electrons. The van der Waals surface area contributed by atoms with E-state index in [-0.39, 0.29) is 33.2 Å². The predicted octanol–water partition coefficient (Wildman–Crippen LogP) is 5.28. The van der Waals surface area contributed by atoms with E-state index in [1.54, 1.807) is 41.2 Å². The van der Waals surface area contributed by atoms with Crippen molar-refractivity contribution in [2.24, 2.45) is 0 Å². The van der Waals surface area contributed by atoms with Gasteiger partial charge in [-0.15, -0.1) is 0 Å². The van der Waals surface area contributed by atoms with E-state index in [9.17, 15) is 13.2 Å². The fraction of sp³-hybridized carbons (Fsp3) is 0.269. The first kappa shape index (κ1) is 28.5. The summed E-state index contributed by atoms with van der Waals surface area (Å²) in [7, 11) is -1.31. The molecule has 2 aromatic heterocycles. The molecule has 2 heterocycles. The number of carbonyl (C=O) groups excluding carboxylic acids is 1. The summed E-state index contributed by atoms with van der Waals surface area (Å²) >= 11 is 12.2. The minimum Gasteiger partial charge on any atom is -0.479 e. The molecule has 0 bridgehead atoms. The number of esters is 1. The van der Waals surface area contributed by atoms with Gasteiger partial charge in [-0.3, -0.25) is 9.10 Å². The third-order valence-electron chi connectivity index (χ3n) is 5.77. The molecule has 0 spiro atoms. The Kier molecular flexibility index (Phi) is 8.83. The van der Waals surface area contributed by atoms with Gasteiger partial charge >= 0.3 is 12.0 Å². The van der Waals surface area contributed by atoms with Gasteiger partial charge in [-0.05, 0) is 48.9 Å². The lowest BCUT2D eigenvalue weighted by atomic mass is 10.2. The molecule has 10 nitrogen and oxygen atoms in total. The Balaban J connectivity index is 1.78. The van der Waals surface area contributed by atoms with Crippen LogP contribution in [-0.2, 0) is 19.6 Å². The highest BCUT2D eigenvalue weighted by atomic mass is 35.5. The lowest BCUT2D eigenvalue weighted by Crippen LogP contribution is -2.36. The van der Waals surface area contributed by atoms with Crippen molar-refractivity contribution in [2.45, 2.75) is 24.7 Å². The van der Waals surface area contributed by atoms with Gasteiger partial charge in [0.2, 0.25) is 5.88 Å². The summed E-state index contributed by atoms with van der Waals surface area (Å²) in [6, 6.07) is 10.9. The summed E-state index contributed by atoms with van der Waals surface area (Å²) in [6.07, 6.45) is 4.83. The maximum Gasteiger partial charge on any atom is 0.326 e.